The summed E-state index contributed by atoms with van der Waals surface area (Å²) < 4.78 is 26.1. The third-order valence-corrected chi connectivity index (χ3v) is 5.03. The summed E-state index contributed by atoms with van der Waals surface area (Å²) in [7, 11) is -3.55. The number of aryl methyl sites for hydroxylation is 1. The Bertz CT molecular complexity index is 1010. The smallest absolute Gasteiger partial charge is 0.237 e. The second kappa shape index (κ2) is 7.53. The van der Waals surface area contributed by atoms with Crippen molar-refractivity contribution in [1.29, 1.82) is 0 Å². The summed E-state index contributed by atoms with van der Waals surface area (Å²) in [6.45, 7) is 3.79. The molecule has 26 heavy (non-hydrogen) atoms. The zero-order valence-corrected chi connectivity index (χ0v) is 15.4. The molecule has 2 aromatic carbocycles. The van der Waals surface area contributed by atoms with Crippen LogP contribution in [0.25, 0.3) is 5.69 Å². The van der Waals surface area contributed by atoms with Gasteiger partial charge in [-0.1, -0.05) is 48.5 Å². The first-order valence-corrected chi connectivity index (χ1v) is 9.79. The molecule has 1 heterocycles. The van der Waals surface area contributed by atoms with E-state index in [0.717, 1.165) is 22.6 Å². The predicted octanol–water partition coefficient (Wildman–Crippen LogP) is 2.94. The molecule has 134 valence electrons. The van der Waals surface area contributed by atoms with E-state index in [-0.39, 0.29) is 5.75 Å². The highest BCUT2D eigenvalue weighted by atomic mass is 32.2. The van der Waals surface area contributed by atoms with Crippen LogP contribution in [0.4, 0.5) is 0 Å². The number of aromatic nitrogens is 2. The molecule has 6 nitrogen and oxygen atoms in total. The van der Waals surface area contributed by atoms with Gasteiger partial charge in [-0.3, -0.25) is 0 Å². The fraction of sp³-hybridized carbons (Fsp3) is 0.158. The first-order valence-electron chi connectivity index (χ1n) is 8.14. The van der Waals surface area contributed by atoms with Crippen LogP contribution in [0, 0.1) is 13.8 Å². The number of nitrogens with zero attached hydrogens (tertiary/aromatic N) is 3. The summed E-state index contributed by atoms with van der Waals surface area (Å²) >= 11 is 0. The van der Waals surface area contributed by atoms with Crippen molar-refractivity contribution in [2.24, 2.45) is 5.10 Å². The zero-order chi connectivity index (χ0) is 18.6. The first kappa shape index (κ1) is 17.9. The number of nitrogens with one attached hydrogen (secondary N) is 1. The van der Waals surface area contributed by atoms with E-state index in [1.54, 1.807) is 24.3 Å². The van der Waals surface area contributed by atoms with Crippen LogP contribution in [0.2, 0.25) is 0 Å². The third-order valence-electron chi connectivity index (χ3n) is 3.93. The molecule has 0 spiro atoms. The molecule has 0 aliphatic carbocycles. The average Bonchev–Trinajstić information content (AvgIpc) is 2.91. The lowest BCUT2D eigenvalue weighted by molar-refractivity contribution is 0.584. The van der Waals surface area contributed by atoms with Crippen molar-refractivity contribution in [2.75, 3.05) is 0 Å². The second-order valence-electron chi connectivity index (χ2n) is 5.93. The van der Waals surface area contributed by atoms with Crippen LogP contribution in [0.3, 0.4) is 0 Å². The van der Waals surface area contributed by atoms with Gasteiger partial charge in [0.15, 0.2) is 0 Å². The highest BCUT2D eigenvalue weighted by Crippen LogP contribution is 2.16. The van der Waals surface area contributed by atoms with Crippen LogP contribution < -0.4 is 4.83 Å². The molecule has 1 aromatic heterocycles. The summed E-state index contributed by atoms with van der Waals surface area (Å²) in [4.78, 5) is 2.26. The van der Waals surface area contributed by atoms with Gasteiger partial charge in [0, 0.05) is 5.56 Å². The van der Waals surface area contributed by atoms with Crippen LogP contribution >= 0.6 is 0 Å². The van der Waals surface area contributed by atoms with Crippen LogP contribution in [0.1, 0.15) is 22.5 Å². The lowest BCUT2D eigenvalue weighted by atomic mass is 10.2. The molecule has 0 saturated heterocycles. The summed E-state index contributed by atoms with van der Waals surface area (Å²) in [5.41, 5.74) is 4.10. The van der Waals surface area contributed by atoms with Gasteiger partial charge in [-0.2, -0.15) is 10.2 Å². The molecular weight excluding hydrogens is 348 g/mol. The van der Waals surface area contributed by atoms with Crippen LogP contribution in [-0.2, 0) is 15.8 Å². The molecule has 3 rings (SSSR count). The minimum Gasteiger partial charge on any atom is -0.237 e. The quantitative estimate of drug-likeness (QED) is 0.537. The standard InChI is InChI=1S/C19H20N4O2S/c1-15-19(16(2)23(21-15)18-11-7-4-8-12-18)13-20-22-26(24,25)14-17-9-5-3-6-10-17/h3-13,22H,14H2,1-2H3/b20-13+. The van der Waals surface area contributed by atoms with Crippen molar-refractivity contribution in [3.8, 4) is 5.69 Å². The van der Waals surface area contributed by atoms with Gasteiger partial charge in [0.2, 0.25) is 0 Å². The lowest BCUT2D eigenvalue weighted by Gasteiger charge is -2.04. The minimum absolute atomic E-state index is 0.119. The van der Waals surface area contributed by atoms with Crippen molar-refractivity contribution < 1.29 is 8.42 Å². The number of sulfonamides is 1. The Morgan fingerprint density at radius 2 is 1.65 bits per heavy atom. The van der Waals surface area contributed by atoms with Gasteiger partial charge in [0.05, 0.1) is 29.0 Å². The SMILES string of the molecule is Cc1nn(-c2ccccc2)c(C)c1/C=N/NS(=O)(=O)Cc1ccccc1. The molecule has 0 radical (unpaired) electrons. The molecule has 0 fully saturated rings. The normalized spacial score (nSPS) is 11.8. The fourth-order valence-electron chi connectivity index (χ4n) is 2.66. The molecule has 0 amide bonds. The number of benzene rings is 2. The minimum atomic E-state index is -3.55. The average molecular weight is 368 g/mol. The Hall–Kier alpha value is -2.93. The van der Waals surface area contributed by atoms with Gasteiger partial charge < -0.3 is 0 Å². The Labute approximate surface area is 153 Å². The Balaban J connectivity index is 1.76. The van der Waals surface area contributed by atoms with Crippen molar-refractivity contribution in [3.63, 3.8) is 0 Å². The number of rotatable bonds is 6. The maximum absolute atomic E-state index is 12.1. The lowest BCUT2D eigenvalue weighted by Crippen LogP contribution is -2.20. The Morgan fingerprint density at radius 3 is 2.31 bits per heavy atom. The van der Waals surface area contributed by atoms with E-state index in [2.05, 4.69) is 15.0 Å². The van der Waals surface area contributed by atoms with Gasteiger partial charge in [-0.05, 0) is 31.5 Å². The predicted molar refractivity (Wildman–Crippen MR) is 103 cm³/mol. The summed E-state index contributed by atoms with van der Waals surface area (Å²) in [5, 5.41) is 8.43. The van der Waals surface area contributed by atoms with Crippen molar-refractivity contribution in [2.45, 2.75) is 19.6 Å². The van der Waals surface area contributed by atoms with Crippen molar-refractivity contribution in [1.82, 2.24) is 14.6 Å². The molecule has 0 saturated carbocycles. The highest BCUT2D eigenvalue weighted by molar-refractivity contribution is 7.88. The number of hydrazone groups is 1. The molecular formula is C19H20N4O2S. The molecule has 0 unspecified atom stereocenters. The van der Waals surface area contributed by atoms with Gasteiger partial charge in [-0.15, -0.1) is 0 Å². The summed E-state index contributed by atoms with van der Waals surface area (Å²) in [6, 6.07) is 18.7. The van der Waals surface area contributed by atoms with E-state index in [1.807, 2.05) is 54.9 Å². The van der Waals surface area contributed by atoms with E-state index < -0.39 is 10.0 Å². The third kappa shape index (κ3) is 4.18. The zero-order valence-electron chi connectivity index (χ0n) is 14.6. The topological polar surface area (TPSA) is 76.3 Å². The molecule has 1 N–H and O–H groups in total. The molecule has 7 heteroatoms. The fourth-order valence-corrected chi connectivity index (χ4v) is 3.57. The van der Waals surface area contributed by atoms with E-state index in [0.29, 0.717) is 5.56 Å². The van der Waals surface area contributed by atoms with Crippen molar-refractivity contribution in [3.05, 3.63) is 83.2 Å². The maximum Gasteiger partial charge on any atom is 0.251 e. The van der Waals surface area contributed by atoms with E-state index >= 15 is 0 Å². The number of para-hydroxylation sites is 1. The summed E-state index contributed by atoms with van der Waals surface area (Å²) in [6.07, 6.45) is 1.50. The van der Waals surface area contributed by atoms with E-state index in [1.165, 1.54) is 6.21 Å². The number of hydrogen-bond acceptors (Lipinski definition) is 4. The summed E-state index contributed by atoms with van der Waals surface area (Å²) in [5.74, 6) is -0.119. The van der Waals surface area contributed by atoms with Gasteiger partial charge >= 0.3 is 0 Å². The molecule has 0 bridgehead atoms. The Kier molecular flexibility index (Phi) is 5.18. The second-order valence-corrected chi connectivity index (χ2v) is 7.63. The highest BCUT2D eigenvalue weighted by Gasteiger charge is 2.12. The van der Waals surface area contributed by atoms with Gasteiger partial charge in [0.1, 0.15) is 0 Å². The maximum atomic E-state index is 12.1. The monoisotopic (exact) mass is 368 g/mol. The first-order chi connectivity index (χ1) is 12.5. The van der Waals surface area contributed by atoms with Crippen molar-refractivity contribution >= 4 is 16.2 Å². The van der Waals surface area contributed by atoms with Gasteiger partial charge in [0.25, 0.3) is 10.0 Å². The largest absolute Gasteiger partial charge is 0.251 e. The van der Waals surface area contributed by atoms with E-state index in [4.69, 9.17) is 0 Å². The molecule has 0 atom stereocenters. The van der Waals surface area contributed by atoms with Crippen LogP contribution in [-0.4, -0.2) is 24.4 Å². The Morgan fingerprint density at radius 1 is 1.04 bits per heavy atom. The molecule has 0 aliphatic rings. The van der Waals surface area contributed by atoms with Crippen LogP contribution in [0.5, 0.6) is 0 Å². The van der Waals surface area contributed by atoms with E-state index in [9.17, 15) is 8.42 Å². The van der Waals surface area contributed by atoms with Gasteiger partial charge in [-0.25, -0.2) is 17.9 Å². The molecule has 3 aromatic rings. The number of hydrogen-bond donors (Lipinski definition) is 1. The van der Waals surface area contributed by atoms with Crippen LogP contribution in [0.15, 0.2) is 65.8 Å². The molecule has 0 aliphatic heterocycles.